The van der Waals surface area contributed by atoms with Crippen LogP contribution >= 0.6 is 15.9 Å². The van der Waals surface area contributed by atoms with E-state index >= 15 is 0 Å². The molecular weight excluding hydrogens is 754 g/mol. The molecule has 0 aliphatic heterocycles. The van der Waals surface area contributed by atoms with Gasteiger partial charge in [-0.15, -0.1) is 15.2 Å². The molecule has 0 aliphatic carbocycles. The Morgan fingerprint density at radius 2 is 1.19 bits per heavy atom. The number of hydrogen-bond acceptors (Lipinski definition) is 12. The first-order chi connectivity index (χ1) is 24.3. The van der Waals surface area contributed by atoms with Crippen LogP contribution < -0.4 is 10.1 Å². The lowest BCUT2D eigenvalue weighted by Gasteiger charge is -2.34. The molecule has 2 N–H and O–H groups in total. The minimum absolute atomic E-state index is 0.0145. The van der Waals surface area contributed by atoms with Crippen molar-refractivity contribution in [3.63, 3.8) is 0 Å². The van der Waals surface area contributed by atoms with E-state index in [1.54, 1.807) is 83.1 Å². The van der Waals surface area contributed by atoms with Gasteiger partial charge in [-0.1, -0.05) is 35.2 Å². The zero-order valence-electron chi connectivity index (χ0n) is 33.5. The van der Waals surface area contributed by atoms with E-state index in [0.717, 1.165) is 35.9 Å². The minimum Gasteiger partial charge on any atom is -0.477 e. The minimum atomic E-state index is -1.01. The number of ether oxygens (including phenoxy) is 5. The maximum absolute atomic E-state index is 13.8. The molecule has 0 aromatic carbocycles. The van der Waals surface area contributed by atoms with Crippen LogP contribution in [0.15, 0.2) is 17.1 Å². The molecule has 1 aromatic heterocycles. The molecule has 1 aromatic rings. The number of nitrogens with zero attached hydrogens (tertiary/aromatic N) is 5. The van der Waals surface area contributed by atoms with Crippen molar-refractivity contribution in [3.05, 3.63) is 17.8 Å². The number of carbonyl (C=O) groups is 4. The van der Waals surface area contributed by atoms with Crippen LogP contribution in [0.25, 0.3) is 0 Å². The highest BCUT2D eigenvalue weighted by molar-refractivity contribution is 9.09. The highest BCUT2D eigenvalue weighted by Gasteiger charge is 2.35. The third-order valence-electron chi connectivity index (χ3n) is 6.11. The normalized spacial score (nSPS) is 12.4. The Hall–Kier alpha value is -4.02. The van der Waals surface area contributed by atoms with Gasteiger partial charge in [-0.2, -0.15) is 0 Å². The topological polar surface area (TPSA) is 195 Å². The number of guanidine groups is 1. The van der Waals surface area contributed by atoms with E-state index in [1.807, 2.05) is 0 Å². The molecule has 0 aliphatic rings. The van der Waals surface area contributed by atoms with Crippen molar-refractivity contribution >= 4 is 52.1 Å². The van der Waals surface area contributed by atoms with Gasteiger partial charge in [0.2, 0.25) is 11.8 Å². The van der Waals surface area contributed by atoms with Crippen molar-refractivity contribution in [1.29, 1.82) is 5.41 Å². The Balaban J connectivity index is 3.39. The molecule has 0 spiro atoms. The van der Waals surface area contributed by atoms with Crippen LogP contribution in [-0.2, 0) is 18.9 Å². The summed E-state index contributed by atoms with van der Waals surface area (Å²) in [6.45, 7) is 20.4. The number of carbonyl (C=O) groups excluding carboxylic acids is 4. The predicted octanol–water partition coefficient (Wildman–Crippen LogP) is 8.21. The lowest BCUT2D eigenvalue weighted by atomic mass is 10.1. The van der Waals surface area contributed by atoms with Gasteiger partial charge in [0, 0.05) is 24.5 Å². The van der Waals surface area contributed by atoms with Crippen molar-refractivity contribution in [2.75, 3.05) is 25.0 Å². The Morgan fingerprint density at radius 1 is 0.698 bits per heavy atom. The fourth-order valence-electron chi connectivity index (χ4n) is 4.11. The second-order valence-electron chi connectivity index (χ2n) is 16.1. The third kappa shape index (κ3) is 21.3. The van der Waals surface area contributed by atoms with Crippen LogP contribution in [0.4, 0.5) is 19.2 Å². The van der Waals surface area contributed by atoms with E-state index in [0.29, 0.717) is 6.42 Å². The zero-order chi connectivity index (χ0) is 40.6. The van der Waals surface area contributed by atoms with Crippen molar-refractivity contribution in [2.45, 2.75) is 144 Å². The van der Waals surface area contributed by atoms with Crippen molar-refractivity contribution in [1.82, 2.24) is 25.3 Å². The summed E-state index contributed by atoms with van der Waals surface area (Å²) < 4.78 is 27.8. The number of halogens is 1. The molecule has 1 rings (SSSR count). The van der Waals surface area contributed by atoms with E-state index < -0.39 is 46.8 Å². The summed E-state index contributed by atoms with van der Waals surface area (Å²) >= 11 is 3.44. The molecule has 16 nitrogen and oxygen atoms in total. The van der Waals surface area contributed by atoms with Gasteiger partial charge in [-0.3, -0.25) is 10.7 Å². The van der Waals surface area contributed by atoms with Crippen LogP contribution in [0, 0.1) is 5.41 Å². The largest absolute Gasteiger partial charge is 0.477 e. The van der Waals surface area contributed by atoms with Gasteiger partial charge in [0.15, 0.2) is 5.84 Å². The Morgan fingerprint density at radius 3 is 1.66 bits per heavy atom. The number of alkyl carbamates (subject to hydrolysis) is 1. The van der Waals surface area contributed by atoms with Crippen LogP contribution in [0.2, 0.25) is 0 Å². The van der Waals surface area contributed by atoms with Gasteiger partial charge >= 0.3 is 24.4 Å². The lowest BCUT2D eigenvalue weighted by molar-refractivity contribution is 0.0269. The monoisotopic (exact) mass is 813 g/mol. The number of nitrogens with one attached hydrogen (secondary N) is 2. The summed E-state index contributed by atoms with van der Waals surface area (Å²) in [4.78, 5) is 59.2. The van der Waals surface area contributed by atoms with E-state index in [1.165, 1.54) is 17.0 Å². The van der Waals surface area contributed by atoms with Gasteiger partial charge in [0.1, 0.15) is 28.1 Å². The Kier molecular flexibility index (Phi) is 18.6. The number of unbranched alkanes of at least 4 members (excludes halogenated alkanes) is 4. The zero-order valence-corrected chi connectivity index (χ0v) is 35.1. The molecule has 0 radical (unpaired) electrons. The molecule has 17 heteroatoms. The van der Waals surface area contributed by atoms with Gasteiger partial charge in [-0.05, 0) is 108 Å². The second-order valence-corrected chi connectivity index (χ2v) is 16.9. The summed E-state index contributed by atoms with van der Waals surface area (Å²) in [6.07, 6.45) is 0.959. The standard InChI is InChI=1S/C36H60BrN7O9/c1-33(2,3)50-29(45)39-27(38)25-19-20-26(42-41-25)49-24-18-23-44(32(48)53-36(10,11)12)28(40-30(46)51-34(4,5)6)43(31(47)52-35(7,8)9)22-17-15-13-14-16-21-37/h19-20H,13-18,21-24H2,1-12H3,(H2,38,39,45)/b40-28+. The fraction of sp³-hybridized carbons (Fsp3) is 0.722. The molecule has 0 bridgehead atoms. The summed E-state index contributed by atoms with van der Waals surface area (Å²) in [5, 5.41) is 19.2. The van der Waals surface area contributed by atoms with Gasteiger partial charge in [-0.25, -0.2) is 29.0 Å². The summed E-state index contributed by atoms with van der Waals surface area (Å²) in [5.74, 6) is -0.500. The number of aromatic nitrogens is 2. The van der Waals surface area contributed by atoms with Crippen molar-refractivity contribution < 1.29 is 42.9 Å². The van der Waals surface area contributed by atoms with Gasteiger partial charge < -0.3 is 23.7 Å². The van der Waals surface area contributed by atoms with Crippen LogP contribution in [-0.4, -0.2) is 104 Å². The number of amidine groups is 1. The average Bonchev–Trinajstić information content (AvgIpc) is 2.96. The molecule has 300 valence electrons. The molecule has 0 fully saturated rings. The number of amides is 4. The molecule has 1 heterocycles. The molecule has 0 unspecified atom stereocenters. The molecule has 0 saturated carbocycles. The molecule has 4 amide bonds. The van der Waals surface area contributed by atoms with E-state index in [9.17, 15) is 19.2 Å². The smallest absolute Gasteiger partial charge is 0.437 e. The van der Waals surface area contributed by atoms with E-state index in [2.05, 4.69) is 36.4 Å². The summed E-state index contributed by atoms with van der Waals surface area (Å²) in [5.41, 5.74) is -3.40. The average molecular weight is 815 g/mol. The van der Waals surface area contributed by atoms with Gasteiger partial charge in [0.05, 0.1) is 6.61 Å². The molecule has 0 saturated heterocycles. The third-order valence-corrected chi connectivity index (χ3v) is 6.67. The number of rotatable bonds is 13. The predicted molar refractivity (Wildman–Crippen MR) is 205 cm³/mol. The lowest BCUT2D eigenvalue weighted by Crippen LogP contribution is -2.53. The highest BCUT2D eigenvalue weighted by atomic mass is 79.9. The number of aliphatic imine (C=N–C) groups is 1. The first-order valence-electron chi connectivity index (χ1n) is 17.7. The highest BCUT2D eigenvalue weighted by Crippen LogP contribution is 2.19. The SMILES string of the molecule is CC(C)(C)OC(=O)/N=C(\N(CCCCCCCBr)C(=O)OC(C)(C)C)N(CCCOc1ccc(C(=N)NC(=O)OC(C)(C)C)nn1)C(=O)OC(C)(C)C. The molecule has 0 atom stereocenters. The maximum Gasteiger partial charge on any atom is 0.437 e. The summed E-state index contributed by atoms with van der Waals surface area (Å²) in [6, 6.07) is 2.91. The first-order valence-corrected chi connectivity index (χ1v) is 18.9. The van der Waals surface area contributed by atoms with Crippen molar-refractivity contribution in [3.8, 4) is 5.88 Å². The first kappa shape index (κ1) is 47.0. The number of hydrogen-bond donors (Lipinski definition) is 2. The fourth-order valence-corrected chi connectivity index (χ4v) is 4.50. The Bertz CT molecular complexity index is 1390. The van der Waals surface area contributed by atoms with Crippen LogP contribution in [0.5, 0.6) is 5.88 Å². The van der Waals surface area contributed by atoms with Gasteiger partial charge in [0.25, 0.3) is 0 Å². The molecule has 53 heavy (non-hydrogen) atoms. The Labute approximate surface area is 322 Å². The summed E-state index contributed by atoms with van der Waals surface area (Å²) in [7, 11) is 0. The van der Waals surface area contributed by atoms with Crippen LogP contribution in [0.3, 0.4) is 0 Å². The van der Waals surface area contributed by atoms with E-state index in [-0.39, 0.29) is 49.5 Å². The van der Waals surface area contributed by atoms with Crippen molar-refractivity contribution in [2.24, 2.45) is 4.99 Å². The molecular formula is C36H60BrN7O9. The quantitative estimate of drug-likeness (QED) is 0.0641. The maximum atomic E-state index is 13.8. The van der Waals surface area contributed by atoms with E-state index in [4.69, 9.17) is 29.1 Å². The number of alkyl halides is 1. The van der Waals surface area contributed by atoms with Crippen LogP contribution in [0.1, 0.15) is 127 Å². The second kappa shape index (κ2) is 21.0.